The van der Waals surface area contributed by atoms with Crippen LogP contribution in [0.25, 0.3) is 0 Å². The molecule has 0 aromatic heterocycles. The van der Waals surface area contributed by atoms with Crippen LogP contribution in [0.4, 0.5) is 0 Å². The number of carbonyl (C=O) groups excluding carboxylic acids is 1. The lowest BCUT2D eigenvalue weighted by atomic mass is 10.2. The fourth-order valence-electron chi connectivity index (χ4n) is 1.48. The molecule has 0 heterocycles. The second kappa shape index (κ2) is 9.13. The molecule has 0 aliphatic carbocycles. The van der Waals surface area contributed by atoms with Crippen molar-refractivity contribution in [3.8, 4) is 5.75 Å². The van der Waals surface area contributed by atoms with E-state index in [4.69, 9.17) is 15.2 Å². The molecular weight excluding hydrogens is 244 g/mol. The van der Waals surface area contributed by atoms with Crippen LogP contribution in [0.3, 0.4) is 0 Å². The van der Waals surface area contributed by atoms with Crippen LogP contribution in [0.5, 0.6) is 5.75 Å². The largest absolute Gasteiger partial charge is 0.489 e. The Hall–Kier alpha value is -1.85. The molecule has 1 rings (SSSR count). The lowest BCUT2D eigenvalue weighted by molar-refractivity contribution is -0.122. The van der Waals surface area contributed by atoms with Crippen LogP contribution in [0.2, 0.25) is 0 Å². The van der Waals surface area contributed by atoms with E-state index in [0.717, 1.165) is 11.3 Å². The summed E-state index contributed by atoms with van der Waals surface area (Å²) in [6.45, 7) is 5.82. The molecule has 0 aliphatic heterocycles. The number of benzene rings is 1. The molecule has 1 amide bonds. The van der Waals surface area contributed by atoms with Crippen LogP contribution < -0.4 is 15.8 Å². The first-order chi connectivity index (χ1) is 9.24. The van der Waals surface area contributed by atoms with Gasteiger partial charge in [-0.2, -0.15) is 0 Å². The number of hydrogen-bond acceptors (Lipinski definition) is 4. The van der Waals surface area contributed by atoms with Gasteiger partial charge in [-0.3, -0.25) is 4.79 Å². The van der Waals surface area contributed by atoms with Crippen molar-refractivity contribution in [2.75, 3.05) is 26.4 Å². The number of rotatable bonds is 10. The van der Waals surface area contributed by atoms with Crippen LogP contribution in [-0.2, 0) is 16.1 Å². The monoisotopic (exact) mass is 264 g/mol. The van der Waals surface area contributed by atoms with E-state index in [9.17, 15) is 4.79 Å². The molecule has 5 nitrogen and oxygen atoms in total. The summed E-state index contributed by atoms with van der Waals surface area (Å²) in [5.74, 6) is 0.385. The van der Waals surface area contributed by atoms with Crippen LogP contribution in [-0.4, -0.2) is 32.3 Å². The minimum Gasteiger partial charge on any atom is -0.489 e. The molecule has 1 aromatic rings. The maximum absolute atomic E-state index is 10.5. The number of nitrogens with one attached hydrogen (secondary N) is 1. The highest BCUT2D eigenvalue weighted by Gasteiger charge is 2.01. The Morgan fingerprint density at radius 3 is 2.95 bits per heavy atom. The lowest BCUT2D eigenvalue weighted by Crippen LogP contribution is -2.23. The van der Waals surface area contributed by atoms with E-state index in [1.54, 1.807) is 6.08 Å². The van der Waals surface area contributed by atoms with E-state index < -0.39 is 5.91 Å². The van der Waals surface area contributed by atoms with Gasteiger partial charge in [0.2, 0.25) is 5.91 Å². The van der Waals surface area contributed by atoms with Crippen LogP contribution in [0.1, 0.15) is 5.56 Å². The predicted octanol–water partition coefficient (Wildman–Crippen LogP) is 0.843. The number of amides is 1. The van der Waals surface area contributed by atoms with Gasteiger partial charge in [-0.25, -0.2) is 0 Å². The van der Waals surface area contributed by atoms with Crippen molar-refractivity contribution in [1.82, 2.24) is 5.32 Å². The van der Waals surface area contributed by atoms with Gasteiger partial charge in [-0.1, -0.05) is 30.9 Å². The average molecular weight is 264 g/mol. The summed E-state index contributed by atoms with van der Waals surface area (Å²) in [4.78, 5) is 10.5. The lowest BCUT2D eigenvalue weighted by Gasteiger charge is -2.11. The summed E-state index contributed by atoms with van der Waals surface area (Å²) in [6, 6.07) is 7.80. The first-order valence-corrected chi connectivity index (χ1v) is 6.12. The highest BCUT2D eigenvalue weighted by molar-refractivity contribution is 5.74. The van der Waals surface area contributed by atoms with Gasteiger partial charge >= 0.3 is 0 Å². The van der Waals surface area contributed by atoms with E-state index in [-0.39, 0.29) is 6.61 Å². The quantitative estimate of drug-likeness (QED) is 0.485. The van der Waals surface area contributed by atoms with Crippen LogP contribution in [0, 0.1) is 0 Å². The molecule has 0 fully saturated rings. The topological polar surface area (TPSA) is 73.6 Å². The number of hydrogen-bond donors (Lipinski definition) is 2. The van der Waals surface area contributed by atoms with Gasteiger partial charge in [-0.15, -0.1) is 0 Å². The normalized spacial score (nSPS) is 10.1. The van der Waals surface area contributed by atoms with Gasteiger partial charge in [-0.05, 0) is 6.07 Å². The summed E-state index contributed by atoms with van der Waals surface area (Å²) in [7, 11) is 0. The Morgan fingerprint density at radius 1 is 1.42 bits per heavy atom. The number of para-hydroxylation sites is 1. The Bertz CT molecular complexity index is 407. The van der Waals surface area contributed by atoms with E-state index >= 15 is 0 Å². The zero-order valence-electron chi connectivity index (χ0n) is 10.9. The summed E-state index contributed by atoms with van der Waals surface area (Å²) >= 11 is 0. The molecule has 0 bridgehead atoms. The van der Waals surface area contributed by atoms with Gasteiger partial charge in [0.05, 0.1) is 6.61 Å². The third-order valence-corrected chi connectivity index (χ3v) is 2.31. The molecule has 1 aromatic carbocycles. The first-order valence-electron chi connectivity index (χ1n) is 6.12. The maximum atomic E-state index is 10.5. The smallest absolute Gasteiger partial charge is 0.243 e. The van der Waals surface area contributed by atoms with Crippen molar-refractivity contribution in [2.24, 2.45) is 5.73 Å². The van der Waals surface area contributed by atoms with Crippen LogP contribution >= 0.6 is 0 Å². The van der Waals surface area contributed by atoms with Crippen molar-refractivity contribution >= 4 is 5.91 Å². The molecule has 0 saturated heterocycles. The number of nitrogens with two attached hydrogens (primary N) is 1. The van der Waals surface area contributed by atoms with E-state index in [0.29, 0.717) is 26.3 Å². The van der Waals surface area contributed by atoms with E-state index in [1.807, 2.05) is 24.3 Å². The summed E-state index contributed by atoms with van der Waals surface area (Å²) in [5.41, 5.74) is 6.02. The Balaban J connectivity index is 2.28. The molecule has 0 aliphatic rings. The predicted molar refractivity (Wildman–Crippen MR) is 73.9 cm³/mol. The molecule has 19 heavy (non-hydrogen) atoms. The molecule has 0 atom stereocenters. The summed E-state index contributed by atoms with van der Waals surface area (Å²) in [5, 5.41) is 3.21. The highest BCUT2D eigenvalue weighted by Crippen LogP contribution is 2.17. The van der Waals surface area contributed by atoms with E-state index in [2.05, 4.69) is 11.9 Å². The molecule has 0 spiro atoms. The maximum Gasteiger partial charge on any atom is 0.243 e. The Kier molecular flexibility index (Phi) is 7.31. The fourth-order valence-corrected chi connectivity index (χ4v) is 1.48. The van der Waals surface area contributed by atoms with Crippen molar-refractivity contribution in [1.29, 1.82) is 0 Å². The third-order valence-electron chi connectivity index (χ3n) is 2.31. The Labute approximate surface area is 113 Å². The summed E-state index contributed by atoms with van der Waals surface area (Å²) < 4.78 is 10.6. The van der Waals surface area contributed by atoms with Crippen molar-refractivity contribution < 1.29 is 14.3 Å². The van der Waals surface area contributed by atoms with Crippen molar-refractivity contribution in [3.63, 3.8) is 0 Å². The third kappa shape index (κ3) is 6.59. The first kappa shape index (κ1) is 15.2. The van der Waals surface area contributed by atoms with Gasteiger partial charge < -0.3 is 20.5 Å². The molecule has 3 N–H and O–H groups in total. The molecule has 0 unspecified atom stereocenters. The summed E-state index contributed by atoms with van der Waals surface area (Å²) in [6.07, 6.45) is 1.71. The second-order valence-electron chi connectivity index (χ2n) is 3.90. The molecular formula is C14H20N2O3. The van der Waals surface area contributed by atoms with Crippen LogP contribution in [0.15, 0.2) is 36.9 Å². The molecule has 5 heteroatoms. The minimum absolute atomic E-state index is 0.0410. The van der Waals surface area contributed by atoms with Gasteiger partial charge in [0.25, 0.3) is 0 Å². The van der Waals surface area contributed by atoms with E-state index in [1.165, 1.54) is 0 Å². The van der Waals surface area contributed by atoms with Gasteiger partial charge in [0, 0.05) is 18.7 Å². The molecule has 0 saturated carbocycles. The zero-order valence-corrected chi connectivity index (χ0v) is 10.9. The van der Waals surface area contributed by atoms with Crippen molar-refractivity contribution in [3.05, 3.63) is 42.5 Å². The second-order valence-corrected chi connectivity index (χ2v) is 3.90. The zero-order chi connectivity index (χ0) is 13.9. The number of carbonyl (C=O) groups is 1. The molecule has 0 radical (unpaired) electrons. The van der Waals surface area contributed by atoms with Gasteiger partial charge in [0.1, 0.15) is 19.0 Å². The highest BCUT2D eigenvalue weighted by atomic mass is 16.5. The average Bonchev–Trinajstić information content (AvgIpc) is 2.41. The minimum atomic E-state index is -0.455. The van der Waals surface area contributed by atoms with Gasteiger partial charge in [0.15, 0.2) is 0 Å². The number of ether oxygens (including phenoxy) is 2. The SMILES string of the molecule is C=CCOc1ccccc1CNCCOCC(N)=O. The van der Waals surface area contributed by atoms with Crippen molar-refractivity contribution in [2.45, 2.75) is 6.54 Å². The number of primary amides is 1. The Morgan fingerprint density at radius 2 is 2.21 bits per heavy atom. The fraction of sp³-hybridized carbons (Fsp3) is 0.357. The standard InChI is InChI=1S/C14H20N2O3/c1-2-8-19-13-6-4-3-5-12(13)10-16-7-9-18-11-14(15)17/h2-6,16H,1,7-11H2,(H2,15,17). The molecule has 104 valence electrons.